The summed E-state index contributed by atoms with van der Waals surface area (Å²) < 4.78 is 5.73. The lowest BCUT2D eigenvalue weighted by molar-refractivity contribution is -0.116. The van der Waals surface area contributed by atoms with Crippen LogP contribution in [0.15, 0.2) is 18.2 Å². The number of amides is 1. The smallest absolute Gasteiger partial charge is 0.224 e. The molecule has 0 saturated heterocycles. The summed E-state index contributed by atoms with van der Waals surface area (Å²) in [5, 5.41) is 16.0. The predicted octanol–water partition coefficient (Wildman–Crippen LogP) is 2.12. The van der Waals surface area contributed by atoms with Gasteiger partial charge in [0, 0.05) is 29.8 Å². The Morgan fingerprint density at radius 3 is 2.77 bits per heavy atom. The first-order chi connectivity index (χ1) is 9.85. The van der Waals surface area contributed by atoms with Gasteiger partial charge in [-0.1, -0.05) is 6.07 Å². The molecule has 2 rings (SSSR count). The highest BCUT2D eigenvalue weighted by Crippen LogP contribution is 2.31. The first kappa shape index (κ1) is 18.7. The van der Waals surface area contributed by atoms with Crippen molar-refractivity contribution in [2.45, 2.75) is 45.3 Å². The van der Waals surface area contributed by atoms with Gasteiger partial charge >= 0.3 is 0 Å². The minimum absolute atomic E-state index is 0. The van der Waals surface area contributed by atoms with E-state index in [1.54, 1.807) is 0 Å². The normalized spacial score (nSPS) is 15.4. The first-order valence-electron chi connectivity index (χ1n) is 7.33. The molecule has 1 aliphatic rings. The fourth-order valence-corrected chi connectivity index (χ4v) is 2.20. The number of hydrogen-bond donors (Lipinski definition) is 3. The van der Waals surface area contributed by atoms with E-state index in [0.717, 1.165) is 17.0 Å². The number of carbonyl (C=O) groups excluding carboxylic acids is 1. The van der Waals surface area contributed by atoms with E-state index in [1.807, 2.05) is 18.2 Å². The number of aliphatic hydroxyl groups is 1. The van der Waals surface area contributed by atoms with Gasteiger partial charge in [0.2, 0.25) is 5.91 Å². The third-order valence-electron chi connectivity index (χ3n) is 3.31. The minimum Gasteiger partial charge on any atom is -0.490 e. The molecule has 0 bridgehead atoms. The molecule has 0 fully saturated rings. The number of anilines is 1. The maximum atomic E-state index is 11.4. The second kappa shape index (κ2) is 7.81. The van der Waals surface area contributed by atoms with Crippen molar-refractivity contribution in [2.24, 2.45) is 0 Å². The first-order valence-corrected chi connectivity index (χ1v) is 7.33. The number of ether oxygens (including phenoxy) is 1. The second-order valence-corrected chi connectivity index (χ2v) is 6.43. The van der Waals surface area contributed by atoms with Gasteiger partial charge in [-0.25, -0.2) is 0 Å². The largest absolute Gasteiger partial charge is 0.490 e. The predicted molar refractivity (Wildman–Crippen MR) is 89.9 cm³/mol. The summed E-state index contributed by atoms with van der Waals surface area (Å²) in [7, 11) is 0. The van der Waals surface area contributed by atoms with Gasteiger partial charge < -0.3 is 20.5 Å². The average Bonchev–Trinajstić information content (AvgIpc) is 2.41. The number of hydrogen-bond acceptors (Lipinski definition) is 4. The van der Waals surface area contributed by atoms with Gasteiger partial charge in [-0.3, -0.25) is 4.79 Å². The van der Waals surface area contributed by atoms with Crippen molar-refractivity contribution in [3.8, 4) is 5.75 Å². The summed E-state index contributed by atoms with van der Waals surface area (Å²) in [5.74, 6) is 0.774. The molecule has 124 valence electrons. The number of halogens is 1. The zero-order chi connectivity index (χ0) is 15.5. The maximum Gasteiger partial charge on any atom is 0.224 e. The molecule has 1 amide bonds. The number of benzene rings is 1. The molecule has 1 aliphatic heterocycles. The van der Waals surface area contributed by atoms with Gasteiger partial charge in [-0.05, 0) is 39.3 Å². The van der Waals surface area contributed by atoms with Crippen LogP contribution in [-0.4, -0.2) is 35.8 Å². The maximum absolute atomic E-state index is 11.4. The highest BCUT2D eigenvalue weighted by molar-refractivity contribution is 5.94. The van der Waals surface area contributed by atoms with Gasteiger partial charge in [0.25, 0.3) is 0 Å². The quantitative estimate of drug-likeness (QED) is 0.774. The molecule has 0 saturated carbocycles. The number of aliphatic hydroxyl groups excluding tert-OH is 1. The SMILES string of the molecule is CC(C)(C)NC[C@@H](O)COc1cccc2c1CCC(=O)N2.Cl. The molecule has 22 heavy (non-hydrogen) atoms. The lowest BCUT2D eigenvalue weighted by Gasteiger charge is -2.24. The summed E-state index contributed by atoms with van der Waals surface area (Å²) in [6.07, 6.45) is 0.577. The third kappa shape index (κ3) is 5.48. The molecule has 1 atom stereocenters. The second-order valence-electron chi connectivity index (χ2n) is 6.43. The molecule has 0 aromatic heterocycles. The number of nitrogens with one attached hydrogen (secondary N) is 2. The molecular weight excluding hydrogens is 304 g/mol. The summed E-state index contributed by atoms with van der Waals surface area (Å²) >= 11 is 0. The van der Waals surface area contributed by atoms with Crippen LogP contribution in [-0.2, 0) is 11.2 Å². The Bertz CT molecular complexity index is 515. The van der Waals surface area contributed by atoms with E-state index >= 15 is 0 Å². The Morgan fingerprint density at radius 2 is 2.09 bits per heavy atom. The molecule has 1 aromatic rings. The number of rotatable bonds is 5. The zero-order valence-electron chi connectivity index (χ0n) is 13.3. The fraction of sp³-hybridized carbons (Fsp3) is 0.562. The molecule has 1 heterocycles. The van der Waals surface area contributed by atoms with Crippen molar-refractivity contribution in [2.75, 3.05) is 18.5 Å². The van der Waals surface area contributed by atoms with Crippen LogP contribution in [0.2, 0.25) is 0 Å². The van der Waals surface area contributed by atoms with Crippen molar-refractivity contribution in [3.05, 3.63) is 23.8 Å². The average molecular weight is 329 g/mol. The monoisotopic (exact) mass is 328 g/mol. The van der Waals surface area contributed by atoms with Gasteiger partial charge in [0.1, 0.15) is 18.5 Å². The minimum atomic E-state index is -0.571. The Balaban J connectivity index is 0.00000242. The van der Waals surface area contributed by atoms with Crippen molar-refractivity contribution in [1.82, 2.24) is 5.32 Å². The van der Waals surface area contributed by atoms with Gasteiger partial charge in [-0.2, -0.15) is 0 Å². The van der Waals surface area contributed by atoms with Gasteiger partial charge in [0.15, 0.2) is 0 Å². The fourth-order valence-electron chi connectivity index (χ4n) is 2.20. The number of fused-ring (bicyclic) bond motifs is 1. The van der Waals surface area contributed by atoms with Crippen LogP contribution in [0.4, 0.5) is 5.69 Å². The summed E-state index contributed by atoms with van der Waals surface area (Å²) in [6, 6.07) is 5.59. The van der Waals surface area contributed by atoms with Crippen LogP contribution < -0.4 is 15.4 Å². The lowest BCUT2D eigenvalue weighted by atomic mass is 10.0. The van der Waals surface area contributed by atoms with E-state index in [2.05, 4.69) is 31.4 Å². The summed E-state index contributed by atoms with van der Waals surface area (Å²) in [5.41, 5.74) is 1.79. The molecule has 6 heteroatoms. The molecule has 1 aromatic carbocycles. The van der Waals surface area contributed by atoms with Crippen LogP contribution in [0.3, 0.4) is 0 Å². The number of carbonyl (C=O) groups is 1. The van der Waals surface area contributed by atoms with Gasteiger partial charge in [-0.15, -0.1) is 12.4 Å². The van der Waals surface area contributed by atoms with Gasteiger partial charge in [0.05, 0.1) is 0 Å². The van der Waals surface area contributed by atoms with Crippen molar-refractivity contribution in [1.29, 1.82) is 0 Å². The Kier molecular flexibility index (Phi) is 6.66. The Morgan fingerprint density at radius 1 is 1.36 bits per heavy atom. The molecule has 0 aliphatic carbocycles. The van der Waals surface area contributed by atoms with Crippen LogP contribution in [0.25, 0.3) is 0 Å². The van der Waals surface area contributed by atoms with Crippen LogP contribution in [0, 0.1) is 0 Å². The van der Waals surface area contributed by atoms with Crippen LogP contribution >= 0.6 is 12.4 Å². The Hall–Kier alpha value is -1.30. The molecule has 5 nitrogen and oxygen atoms in total. The van der Waals surface area contributed by atoms with Crippen molar-refractivity contribution in [3.63, 3.8) is 0 Å². The highest BCUT2D eigenvalue weighted by atomic mass is 35.5. The third-order valence-corrected chi connectivity index (χ3v) is 3.31. The standard InChI is InChI=1S/C16H24N2O3.ClH/c1-16(2,3)17-9-11(19)10-21-14-6-4-5-13-12(14)7-8-15(20)18-13;/h4-6,11,17,19H,7-10H2,1-3H3,(H,18,20);1H/t11-;/m1./s1. The van der Waals surface area contributed by atoms with E-state index in [-0.39, 0.29) is 30.5 Å². The van der Waals surface area contributed by atoms with Crippen LogP contribution in [0.1, 0.15) is 32.8 Å². The lowest BCUT2D eigenvalue weighted by Crippen LogP contribution is -2.42. The molecule has 0 spiro atoms. The van der Waals surface area contributed by atoms with E-state index < -0.39 is 6.10 Å². The van der Waals surface area contributed by atoms with Crippen molar-refractivity contribution >= 4 is 24.0 Å². The Labute approximate surface area is 137 Å². The highest BCUT2D eigenvalue weighted by Gasteiger charge is 2.19. The molecular formula is C16H25ClN2O3. The van der Waals surface area contributed by atoms with E-state index in [1.165, 1.54) is 0 Å². The molecule has 0 unspecified atom stereocenters. The molecule has 3 N–H and O–H groups in total. The van der Waals surface area contributed by atoms with E-state index in [0.29, 0.717) is 19.4 Å². The zero-order valence-corrected chi connectivity index (χ0v) is 14.1. The molecule has 0 radical (unpaired) electrons. The topological polar surface area (TPSA) is 70.6 Å². The summed E-state index contributed by atoms with van der Waals surface area (Å²) in [4.78, 5) is 11.4. The van der Waals surface area contributed by atoms with E-state index in [9.17, 15) is 9.90 Å². The van der Waals surface area contributed by atoms with Crippen molar-refractivity contribution < 1.29 is 14.6 Å². The number of β-amino-alcohol motifs (C(OH)–C–C–N with tert-alkyl or cyclic N) is 1. The summed E-state index contributed by atoms with van der Waals surface area (Å²) in [6.45, 7) is 6.87. The van der Waals surface area contributed by atoms with Crippen LogP contribution in [0.5, 0.6) is 5.75 Å². The van der Waals surface area contributed by atoms with E-state index in [4.69, 9.17) is 4.74 Å².